The van der Waals surface area contributed by atoms with Crippen LogP contribution in [0.3, 0.4) is 0 Å². The minimum Gasteiger partial charge on any atom is -0.490 e. The van der Waals surface area contributed by atoms with Crippen molar-refractivity contribution in [3.05, 3.63) is 63.2 Å². The fraction of sp³-hybridized carbons (Fsp3) is 0.548. The summed E-state index contributed by atoms with van der Waals surface area (Å²) >= 11 is 6.38. The lowest BCUT2D eigenvalue weighted by Crippen LogP contribution is -2.57. The quantitative estimate of drug-likeness (QED) is 0.509. The van der Waals surface area contributed by atoms with Crippen molar-refractivity contribution in [3.8, 4) is 5.75 Å². The van der Waals surface area contributed by atoms with Gasteiger partial charge in [-0.3, -0.25) is 14.5 Å². The molecule has 2 aromatic rings. The van der Waals surface area contributed by atoms with Gasteiger partial charge < -0.3 is 19.7 Å². The van der Waals surface area contributed by atoms with E-state index < -0.39 is 5.60 Å². The highest BCUT2D eigenvalue weighted by atomic mass is 35.5. The van der Waals surface area contributed by atoms with Crippen LogP contribution in [0.2, 0.25) is 5.02 Å². The van der Waals surface area contributed by atoms with E-state index in [0.717, 1.165) is 47.8 Å². The zero-order valence-electron chi connectivity index (χ0n) is 23.9. The van der Waals surface area contributed by atoms with Gasteiger partial charge in [0.15, 0.2) is 0 Å². The molecule has 2 aromatic carbocycles. The van der Waals surface area contributed by atoms with Crippen molar-refractivity contribution in [1.82, 2.24) is 15.1 Å². The SMILES string of the molecule is CC(=O)NC1CCN(C(=O)C[C@]2(COc3cc(C)c(Cl)c(C)c3)CN(Cc3ccc(C)c(C)c3)CCO2)CC1. The predicted octanol–water partition coefficient (Wildman–Crippen LogP) is 4.74. The molecular weight excluding hydrogens is 514 g/mol. The molecule has 2 heterocycles. The third-order valence-electron chi connectivity index (χ3n) is 7.95. The van der Waals surface area contributed by atoms with Crippen LogP contribution in [-0.2, 0) is 20.9 Å². The number of morpholine rings is 1. The molecule has 2 amide bonds. The van der Waals surface area contributed by atoms with E-state index in [-0.39, 0.29) is 30.9 Å². The Balaban J connectivity index is 1.49. The number of piperidine rings is 1. The molecule has 0 bridgehead atoms. The van der Waals surface area contributed by atoms with Gasteiger partial charge in [0.05, 0.1) is 13.0 Å². The smallest absolute Gasteiger partial charge is 0.225 e. The Morgan fingerprint density at radius 1 is 1.03 bits per heavy atom. The number of carbonyl (C=O) groups is 2. The Bertz CT molecular complexity index is 1170. The molecule has 4 rings (SSSR count). The molecule has 0 unspecified atom stereocenters. The van der Waals surface area contributed by atoms with Crippen LogP contribution >= 0.6 is 11.6 Å². The largest absolute Gasteiger partial charge is 0.490 e. The Morgan fingerprint density at radius 2 is 1.72 bits per heavy atom. The van der Waals surface area contributed by atoms with Gasteiger partial charge in [0.2, 0.25) is 11.8 Å². The summed E-state index contributed by atoms with van der Waals surface area (Å²) in [7, 11) is 0. The van der Waals surface area contributed by atoms with Gasteiger partial charge >= 0.3 is 0 Å². The molecule has 7 nitrogen and oxygen atoms in total. The second kappa shape index (κ2) is 12.7. The number of ether oxygens (including phenoxy) is 2. The number of nitrogens with one attached hydrogen (secondary N) is 1. The number of amides is 2. The standard InChI is InChI=1S/C31H42ClN3O4/c1-21-6-7-26(14-22(21)2)18-34-12-13-39-31(19-34,20-38-28-15-23(3)30(32)24(4)16-28)17-29(37)35-10-8-27(9-11-35)33-25(5)36/h6-7,14-16,27H,8-13,17-20H2,1-5H3,(H,33,36)/t31-/m1/s1. The molecule has 1 N–H and O–H groups in total. The van der Waals surface area contributed by atoms with Gasteiger partial charge in [-0.15, -0.1) is 0 Å². The first kappa shape index (κ1) is 29.4. The van der Waals surface area contributed by atoms with E-state index in [1.807, 2.05) is 30.9 Å². The summed E-state index contributed by atoms with van der Waals surface area (Å²) < 4.78 is 12.7. The summed E-state index contributed by atoms with van der Waals surface area (Å²) in [6, 6.07) is 10.6. The van der Waals surface area contributed by atoms with E-state index in [1.165, 1.54) is 23.6 Å². The van der Waals surface area contributed by atoms with Crippen LogP contribution in [0.25, 0.3) is 0 Å². The molecule has 2 aliphatic rings. The van der Waals surface area contributed by atoms with Crippen molar-refractivity contribution < 1.29 is 19.1 Å². The fourth-order valence-electron chi connectivity index (χ4n) is 5.62. The molecule has 0 radical (unpaired) electrons. The molecule has 1 atom stereocenters. The van der Waals surface area contributed by atoms with E-state index in [0.29, 0.717) is 26.2 Å². The molecular formula is C31H42ClN3O4. The summed E-state index contributed by atoms with van der Waals surface area (Å²) in [5.74, 6) is 0.770. The van der Waals surface area contributed by atoms with Crippen LogP contribution in [-0.4, -0.2) is 72.6 Å². The number of hydrogen-bond acceptors (Lipinski definition) is 5. The number of carbonyl (C=O) groups excluding carboxylic acids is 2. The average molecular weight is 556 g/mol. The third-order valence-corrected chi connectivity index (χ3v) is 8.54. The van der Waals surface area contributed by atoms with Crippen LogP contribution in [0.15, 0.2) is 30.3 Å². The van der Waals surface area contributed by atoms with E-state index in [9.17, 15) is 9.59 Å². The summed E-state index contributed by atoms with van der Waals surface area (Å²) in [5, 5.41) is 3.72. The van der Waals surface area contributed by atoms with Gasteiger partial charge in [0.25, 0.3) is 0 Å². The Labute approximate surface area is 237 Å². The number of aryl methyl sites for hydroxylation is 4. The zero-order chi connectivity index (χ0) is 28.2. The van der Waals surface area contributed by atoms with Crippen molar-refractivity contribution in [1.29, 1.82) is 0 Å². The highest BCUT2D eigenvalue weighted by molar-refractivity contribution is 6.32. The second-order valence-corrected chi connectivity index (χ2v) is 11.7. The van der Waals surface area contributed by atoms with E-state index in [2.05, 4.69) is 42.3 Å². The first-order valence-corrected chi connectivity index (χ1v) is 14.3. The maximum absolute atomic E-state index is 13.6. The Kier molecular flexibility index (Phi) is 9.57. The lowest BCUT2D eigenvalue weighted by molar-refractivity contribution is -0.157. The molecule has 8 heteroatoms. The second-order valence-electron chi connectivity index (χ2n) is 11.4. The molecule has 0 spiro atoms. The Hall–Kier alpha value is -2.61. The van der Waals surface area contributed by atoms with Crippen molar-refractivity contribution in [2.45, 2.75) is 72.1 Å². The normalized spacial score (nSPS) is 20.6. The predicted molar refractivity (Wildman–Crippen MR) is 154 cm³/mol. The molecule has 2 saturated heterocycles. The maximum Gasteiger partial charge on any atom is 0.225 e. The van der Waals surface area contributed by atoms with Crippen LogP contribution in [0, 0.1) is 27.7 Å². The molecule has 212 valence electrons. The van der Waals surface area contributed by atoms with Gasteiger partial charge in [-0.1, -0.05) is 29.8 Å². The molecule has 2 fully saturated rings. The number of likely N-dealkylation sites (tertiary alicyclic amines) is 1. The van der Waals surface area contributed by atoms with Crippen molar-refractivity contribution in [2.75, 3.05) is 39.4 Å². The number of benzene rings is 2. The van der Waals surface area contributed by atoms with E-state index in [4.69, 9.17) is 21.1 Å². The van der Waals surface area contributed by atoms with Crippen LogP contribution in [0.5, 0.6) is 5.75 Å². The van der Waals surface area contributed by atoms with Gasteiger partial charge in [-0.05, 0) is 80.5 Å². The number of halogens is 1. The van der Waals surface area contributed by atoms with E-state index >= 15 is 0 Å². The first-order valence-electron chi connectivity index (χ1n) is 13.9. The first-order chi connectivity index (χ1) is 18.5. The third kappa shape index (κ3) is 7.74. The van der Waals surface area contributed by atoms with Gasteiger partial charge in [-0.2, -0.15) is 0 Å². The Morgan fingerprint density at radius 3 is 2.36 bits per heavy atom. The molecule has 0 aliphatic carbocycles. The lowest BCUT2D eigenvalue weighted by Gasteiger charge is -2.43. The fourth-order valence-corrected chi connectivity index (χ4v) is 5.73. The number of rotatable bonds is 8. The lowest BCUT2D eigenvalue weighted by atomic mass is 9.95. The maximum atomic E-state index is 13.6. The van der Waals surface area contributed by atoms with Crippen molar-refractivity contribution in [2.24, 2.45) is 0 Å². The van der Waals surface area contributed by atoms with Crippen LogP contribution in [0.1, 0.15) is 54.0 Å². The minimum atomic E-state index is -0.773. The van der Waals surface area contributed by atoms with Gasteiger partial charge in [-0.25, -0.2) is 0 Å². The van der Waals surface area contributed by atoms with Crippen molar-refractivity contribution in [3.63, 3.8) is 0 Å². The monoisotopic (exact) mass is 555 g/mol. The molecule has 0 aromatic heterocycles. The summed E-state index contributed by atoms with van der Waals surface area (Å²) in [6.07, 6.45) is 1.77. The highest BCUT2D eigenvalue weighted by Crippen LogP contribution is 2.30. The van der Waals surface area contributed by atoms with E-state index in [1.54, 1.807) is 0 Å². The summed E-state index contributed by atoms with van der Waals surface area (Å²) in [5.41, 5.74) is 4.96. The van der Waals surface area contributed by atoms with Crippen LogP contribution in [0.4, 0.5) is 0 Å². The summed E-state index contributed by atoms with van der Waals surface area (Å²) in [4.78, 5) is 29.3. The van der Waals surface area contributed by atoms with Crippen molar-refractivity contribution >= 4 is 23.4 Å². The molecule has 0 saturated carbocycles. The van der Waals surface area contributed by atoms with Gasteiger partial charge in [0.1, 0.15) is 18.0 Å². The molecule has 39 heavy (non-hydrogen) atoms. The topological polar surface area (TPSA) is 71.1 Å². The highest BCUT2D eigenvalue weighted by Gasteiger charge is 2.41. The zero-order valence-corrected chi connectivity index (χ0v) is 24.7. The van der Waals surface area contributed by atoms with Crippen LogP contribution < -0.4 is 10.1 Å². The molecule has 2 aliphatic heterocycles. The van der Waals surface area contributed by atoms with Gasteiger partial charge in [0, 0.05) is 50.7 Å². The number of hydrogen-bond donors (Lipinski definition) is 1. The average Bonchev–Trinajstić information content (AvgIpc) is 2.88. The minimum absolute atomic E-state index is 0.0250. The number of nitrogens with zero attached hydrogens (tertiary/aromatic N) is 2. The summed E-state index contributed by atoms with van der Waals surface area (Å²) in [6.45, 7) is 14.0.